The monoisotopic (exact) mass is 241 g/mol. The number of hydrogen-bond acceptors (Lipinski definition) is 5. The van der Waals surface area contributed by atoms with Crippen LogP contribution in [0.4, 0.5) is 0 Å². The van der Waals surface area contributed by atoms with Crippen LogP contribution in [-0.4, -0.2) is 24.2 Å². The predicted octanol–water partition coefficient (Wildman–Crippen LogP) is 2.03. The summed E-state index contributed by atoms with van der Waals surface area (Å²) in [5.74, 6) is 1.83. The zero-order valence-electron chi connectivity index (χ0n) is 10.0. The molecule has 2 aromatic rings. The highest BCUT2D eigenvalue weighted by Gasteiger charge is 2.09. The number of rotatable bonds is 3. The average molecular weight is 241 g/mol. The molecule has 0 radical (unpaired) electrons. The van der Waals surface area contributed by atoms with Gasteiger partial charge >= 0.3 is 0 Å². The maximum atomic E-state index is 8.70. The molecule has 0 atom stereocenters. The van der Waals surface area contributed by atoms with E-state index in [2.05, 4.69) is 9.97 Å². The Morgan fingerprint density at radius 2 is 1.83 bits per heavy atom. The number of benzene rings is 1. The number of methoxy groups -OCH3 is 2. The van der Waals surface area contributed by atoms with Gasteiger partial charge in [0.2, 0.25) is 0 Å². The van der Waals surface area contributed by atoms with Gasteiger partial charge in [-0.25, -0.2) is 9.97 Å². The summed E-state index contributed by atoms with van der Waals surface area (Å²) in [6.07, 6.45) is 2.96. The van der Waals surface area contributed by atoms with Gasteiger partial charge in [-0.1, -0.05) is 0 Å². The van der Waals surface area contributed by atoms with Crippen molar-refractivity contribution < 1.29 is 9.47 Å². The first-order chi connectivity index (χ1) is 8.78. The van der Waals surface area contributed by atoms with E-state index in [-0.39, 0.29) is 0 Å². The number of ether oxygens (including phenoxy) is 2. The van der Waals surface area contributed by atoms with E-state index in [9.17, 15) is 0 Å². The van der Waals surface area contributed by atoms with E-state index in [4.69, 9.17) is 14.7 Å². The van der Waals surface area contributed by atoms with Gasteiger partial charge in [0.15, 0.2) is 5.82 Å². The number of nitriles is 1. The fraction of sp³-hybridized carbons (Fsp3) is 0.154. The van der Waals surface area contributed by atoms with Crippen LogP contribution in [-0.2, 0) is 0 Å². The van der Waals surface area contributed by atoms with Crippen molar-refractivity contribution in [2.24, 2.45) is 0 Å². The van der Waals surface area contributed by atoms with E-state index < -0.39 is 0 Å². The van der Waals surface area contributed by atoms with E-state index in [0.717, 1.165) is 5.56 Å². The van der Waals surface area contributed by atoms with Crippen LogP contribution in [0.5, 0.6) is 11.5 Å². The van der Waals surface area contributed by atoms with E-state index in [0.29, 0.717) is 22.9 Å². The van der Waals surface area contributed by atoms with Crippen molar-refractivity contribution in [3.63, 3.8) is 0 Å². The Balaban J connectivity index is 2.46. The molecule has 0 unspecified atom stereocenters. The molecule has 0 aliphatic rings. The highest BCUT2D eigenvalue weighted by Crippen LogP contribution is 2.30. The molecular formula is C13H11N3O2. The summed E-state index contributed by atoms with van der Waals surface area (Å²) < 4.78 is 10.4. The first kappa shape index (κ1) is 11.9. The maximum absolute atomic E-state index is 8.70. The minimum absolute atomic E-state index is 0.422. The van der Waals surface area contributed by atoms with Crippen LogP contribution in [0.1, 0.15) is 5.56 Å². The zero-order chi connectivity index (χ0) is 13.0. The predicted molar refractivity (Wildman–Crippen MR) is 65.3 cm³/mol. The molecule has 5 nitrogen and oxygen atoms in total. The Hall–Kier alpha value is -2.61. The Morgan fingerprint density at radius 3 is 2.39 bits per heavy atom. The highest BCUT2D eigenvalue weighted by atomic mass is 16.5. The third-order valence-electron chi connectivity index (χ3n) is 2.43. The SMILES string of the molecule is COc1ccc(-c2ncc(C#N)cn2)c(OC)c1. The highest BCUT2D eigenvalue weighted by molar-refractivity contribution is 5.65. The molecule has 5 heteroatoms. The molecule has 1 heterocycles. The fourth-order valence-electron chi connectivity index (χ4n) is 1.51. The largest absolute Gasteiger partial charge is 0.497 e. The maximum Gasteiger partial charge on any atom is 0.162 e. The lowest BCUT2D eigenvalue weighted by molar-refractivity contribution is 0.395. The van der Waals surface area contributed by atoms with Crippen molar-refractivity contribution in [2.75, 3.05) is 14.2 Å². The third-order valence-corrected chi connectivity index (χ3v) is 2.43. The molecule has 90 valence electrons. The first-order valence-corrected chi connectivity index (χ1v) is 5.23. The Bertz CT molecular complexity index is 588. The summed E-state index contributed by atoms with van der Waals surface area (Å²) in [5, 5.41) is 8.70. The van der Waals surface area contributed by atoms with Crippen LogP contribution < -0.4 is 9.47 Å². The van der Waals surface area contributed by atoms with E-state index in [1.807, 2.05) is 12.1 Å². The lowest BCUT2D eigenvalue weighted by atomic mass is 10.1. The second-order valence-electron chi connectivity index (χ2n) is 3.47. The van der Waals surface area contributed by atoms with Crippen molar-refractivity contribution in [3.05, 3.63) is 36.2 Å². The number of hydrogen-bond donors (Lipinski definition) is 0. The molecule has 0 aliphatic carbocycles. The summed E-state index contributed by atoms with van der Waals surface area (Å²) in [5.41, 5.74) is 1.18. The van der Waals surface area contributed by atoms with Gasteiger partial charge < -0.3 is 9.47 Å². The average Bonchev–Trinajstić information content (AvgIpc) is 2.46. The second-order valence-corrected chi connectivity index (χ2v) is 3.47. The van der Waals surface area contributed by atoms with Crippen molar-refractivity contribution in [3.8, 4) is 29.0 Å². The van der Waals surface area contributed by atoms with Crippen molar-refractivity contribution in [1.29, 1.82) is 5.26 Å². The minimum atomic E-state index is 0.422. The molecule has 1 aromatic carbocycles. The number of nitrogens with zero attached hydrogens (tertiary/aromatic N) is 3. The van der Waals surface area contributed by atoms with Gasteiger partial charge in [-0.3, -0.25) is 0 Å². The summed E-state index contributed by atoms with van der Waals surface area (Å²) >= 11 is 0. The molecule has 0 bridgehead atoms. The van der Waals surface area contributed by atoms with Crippen LogP contribution in [0.3, 0.4) is 0 Å². The third kappa shape index (κ3) is 2.23. The minimum Gasteiger partial charge on any atom is -0.497 e. The molecule has 2 rings (SSSR count). The standard InChI is InChI=1S/C13H11N3O2/c1-17-10-3-4-11(12(5-10)18-2)13-15-7-9(6-14)8-16-13/h3-5,7-8H,1-2H3. The molecule has 0 spiro atoms. The molecular weight excluding hydrogens is 230 g/mol. The molecule has 0 saturated carbocycles. The van der Waals surface area contributed by atoms with Gasteiger partial charge in [0.1, 0.15) is 17.6 Å². The summed E-state index contributed by atoms with van der Waals surface area (Å²) in [7, 11) is 3.16. The molecule has 0 fully saturated rings. The Morgan fingerprint density at radius 1 is 1.11 bits per heavy atom. The lowest BCUT2D eigenvalue weighted by Crippen LogP contribution is -1.94. The van der Waals surface area contributed by atoms with Crippen molar-refractivity contribution in [2.45, 2.75) is 0 Å². The smallest absolute Gasteiger partial charge is 0.162 e. The Kier molecular flexibility index (Phi) is 3.39. The molecule has 18 heavy (non-hydrogen) atoms. The van der Waals surface area contributed by atoms with E-state index in [1.54, 1.807) is 26.4 Å². The normalized spacial score (nSPS) is 9.61. The summed E-state index contributed by atoms with van der Waals surface area (Å²) in [6, 6.07) is 7.36. The summed E-state index contributed by atoms with van der Waals surface area (Å²) in [4.78, 5) is 8.26. The van der Waals surface area contributed by atoms with Gasteiger partial charge in [-0.2, -0.15) is 5.26 Å². The van der Waals surface area contributed by atoms with Crippen LogP contribution >= 0.6 is 0 Å². The van der Waals surface area contributed by atoms with E-state index >= 15 is 0 Å². The van der Waals surface area contributed by atoms with Crippen molar-refractivity contribution >= 4 is 0 Å². The quantitative estimate of drug-likeness (QED) is 0.822. The van der Waals surface area contributed by atoms with Crippen LogP contribution in [0, 0.1) is 11.3 Å². The molecule has 1 aromatic heterocycles. The summed E-state index contributed by atoms with van der Waals surface area (Å²) in [6.45, 7) is 0. The Labute approximate surface area is 105 Å². The molecule has 0 N–H and O–H groups in total. The van der Waals surface area contributed by atoms with Gasteiger partial charge in [0.25, 0.3) is 0 Å². The van der Waals surface area contributed by atoms with E-state index in [1.165, 1.54) is 12.4 Å². The number of aromatic nitrogens is 2. The van der Waals surface area contributed by atoms with Crippen molar-refractivity contribution in [1.82, 2.24) is 9.97 Å². The van der Waals surface area contributed by atoms with Gasteiger partial charge in [-0.15, -0.1) is 0 Å². The van der Waals surface area contributed by atoms with Gasteiger partial charge in [0.05, 0.1) is 25.3 Å². The fourth-order valence-corrected chi connectivity index (χ4v) is 1.51. The molecule has 0 amide bonds. The van der Waals surface area contributed by atoms with Crippen LogP contribution in [0.25, 0.3) is 11.4 Å². The topological polar surface area (TPSA) is 68.0 Å². The van der Waals surface area contributed by atoms with Crippen LogP contribution in [0.15, 0.2) is 30.6 Å². The molecule has 0 saturated heterocycles. The molecule has 0 aliphatic heterocycles. The lowest BCUT2D eigenvalue weighted by Gasteiger charge is -2.09. The van der Waals surface area contributed by atoms with Crippen LogP contribution in [0.2, 0.25) is 0 Å². The second kappa shape index (κ2) is 5.15. The van der Waals surface area contributed by atoms with Gasteiger partial charge in [0, 0.05) is 18.5 Å². The van der Waals surface area contributed by atoms with Gasteiger partial charge in [-0.05, 0) is 12.1 Å². The first-order valence-electron chi connectivity index (χ1n) is 5.23. The zero-order valence-corrected chi connectivity index (χ0v) is 10.0.